The van der Waals surface area contributed by atoms with Gasteiger partial charge in [0.25, 0.3) is 0 Å². The van der Waals surface area contributed by atoms with Crippen molar-refractivity contribution in [2.24, 2.45) is 0 Å². The minimum atomic E-state index is 0.192. The number of hydrogen-bond acceptors (Lipinski definition) is 1. The Hall–Kier alpha value is -0.530. The lowest BCUT2D eigenvalue weighted by Gasteiger charge is -2.15. The number of hydrogen-bond donors (Lipinski definition) is 1. The van der Waals surface area contributed by atoms with E-state index in [1.54, 1.807) is 0 Å². The Morgan fingerprint density at radius 2 is 1.82 bits per heavy atom. The van der Waals surface area contributed by atoms with Crippen molar-refractivity contribution in [3.8, 4) is 0 Å². The van der Waals surface area contributed by atoms with Crippen molar-refractivity contribution in [1.82, 2.24) is 0 Å². The minimum Gasteiger partial charge on any atom is -0.396 e. The molecule has 1 rings (SSSR count). The highest BCUT2D eigenvalue weighted by molar-refractivity contribution is 6.31. The molecule has 1 aromatic carbocycles. The van der Waals surface area contributed by atoms with E-state index in [1.807, 2.05) is 24.3 Å². The van der Waals surface area contributed by atoms with Crippen molar-refractivity contribution in [3.63, 3.8) is 0 Å². The molecule has 0 aliphatic rings. The van der Waals surface area contributed by atoms with Gasteiger partial charge < -0.3 is 5.11 Å². The van der Waals surface area contributed by atoms with Gasteiger partial charge in [-0.15, -0.1) is 0 Å². The quantitative estimate of drug-likeness (QED) is 0.662. The van der Waals surface area contributed by atoms with Crippen LogP contribution in [-0.2, 0) is 0 Å². The van der Waals surface area contributed by atoms with Crippen molar-refractivity contribution in [2.75, 3.05) is 6.61 Å². The molecule has 0 fully saturated rings. The molecule has 0 aromatic heterocycles. The van der Waals surface area contributed by atoms with Crippen LogP contribution < -0.4 is 0 Å². The van der Waals surface area contributed by atoms with Gasteiger partial charge in [-0.3, -0.25) is 0 Å². The lowest BCUT2D eigenvalue weighted by Crippen LogP contribution is -2.04. The fourth-order valence-corrected chi connectivity index (χ4v) is 2.44. The van der Waals surface area contributed by atoms with Gasteiger partial charge in [-0.2, -0.15) is 0 Å². The molecule has 2 heteroatoms. The van der Waals surface area contributed by atoms with Gasteiger partial charge in [0, 0.05) is 17.5 Å². The Labute approximate surface area is 110 Å². The third-order valence-electron chi connectivity index (χ3n) is 3.22. The van der Waals surface area contributed by atoms with Crippen LogP contribution in [0.15, 0.2) is 24.3 Å². The van der Waals surface area contributed by atoms with E-state index in [9.17, 15) is 5.11 Å². The van der Waals surface area contributed by atoms with Crippen LogP contribution in [0.5, 0.6) is 0 Å². The van der Waals surface area contributed by atoms with E-state index in [0.717, 1.165) is 17.0 Å². The lowest BCUT2D eigenvalue weighted by molar-refractivity contribution is 0.256. The number of rotatable bonds is 8. The van der Waals surface area contributed by atoms with Crippen LogP contribution in [0.25, 0.3) is 0 Å². The Morgan fingerprint density at radius 1 is 1.12 bits per heavy atom. The molecular weight excluding hydrogens is 232 g/mol. The highest BCUT2D eigenvalue weighted by Crippen LogP contribution is 2.28. The van der Waals surface area contributed by atoms with Crippen LogP contribution in [0.2, 0.25) is 5.02 Å². The Bertz CT molecular complexity index is 312. The van der Waals surface area contributed by atoms with Gasteiger partial charge >= 0.3 is 0 Å². The van der Waals surface area contributed by atoms with E-state index in [2.05, 4.69) is 6.92 Å². The second kappa shape index (κ2) is 8.54. The first-order valence-corrected chi connectivity index (χ1v) is 7.02. The highest BCUT2D eigenvalue weighted by Gasteiger charge is 2.12. The molecule has 17 heavy (non-hydrogen) atoms. The van der Waals surface area contributed by atoms with Crippen molar-refractivity contribution < 1.29 is 5.11 Å². The average Bonchev–Trinajstić information content (AvgIpc) is 2.35. The predicted molar refractivity (Wildman–Crippen MR) is 74.7 cm³/mol. The maximum Gasteiger partial charge on any atom is 0.0500 e. The topological polar surface area (TPSA) is 20.2 Å². The molecule has 1 unspecified atom stereocenters. The van der Waals surface area contributed by atoms with Crippen molar-refractivity contribution in [2.45, 2.75) is 51.4 Å². The SMILES string of the molecule is CCCCCCCC(CO)c1ccccc1Cl. The molecule has 0 aliphatic carbocycles. The summed E-state index contributed by atoms with van der Waals surface area (Å²) in [7, 11) is 0. The predicted octanol–water partition coefficient (Wildman–Crippen LogP) is 4.78. The van der Waals surface area contributed by atoms with Crippen molar-refractivity contribution in [3.05, 3.63) is 34.9 Å². The van der Waals surface area contributed by atoms with Gasteiger partial charge in [0.1, 0.15) is 0 Å². The number of unbranched alkanes of at least 4 members (excludes halogenated alkanes) is 4. The zero-order valence-electron chi connectivity index (χ0n) is 10.7. The third kappa shape index (κ3) is 5.10. The zero-order chi connectivity index (χ0) is 12.5. The maximum atomic E-state index is 9.45. The molecule has 0 saturated carbocycles. The molecule has 0 spiro atoms. The summed E-state index contributed by atoms with van der Waals surface area (Å²) in [5.41, 5.74) is 1.09. The molecule has 96 valence electrons. The lowest BCUT2D eigenvalue weighted by atomic mass is 9.93. The molecule has 0 aliphatic heterocycles. The monoisotopic (exact) mass is 254 g/mol. The van der Waals surface area contributed by atoms with Gasteiger partial charge in [-0.05, 0) is 18.1 Å². The van der Waals surface area contributed by atoms with Crippen LogP contribution in [0.3, 0.4) is 0 Å². The van der Waals surface area contributed by atoms with E-state index >= 15 is 0 Å². The first kappa shape index (κ1) is 14.5. The molecule has 0 heterocycles. The zero-order valence-corrected chi connectivity index (χ0v) is 11.4. The summed E-state index contributed by atoms with van der Waals surface area (Å²) in [6.07, 6.45) is 7.36. The fourth-order valence-electron chi connectivity index (χ4n) is 2.15. The first-order valence-electron chi connectivity index (χ1n) is 6.64. The third-order valence-corrected chi connectivity index (χ3v) is 3.57. The second-order valence-electron chi connectivity index (χ2n) is 4.60. The second-order valence-corrected chi connectivity index (χ2v) is 5.01. The first-order chi connectivity index (χ1) is 8.29. The minimum absolute atomic E-state index is 0.192. The normalized spacial score (nSPS) is 12.6. The van der Waals surface area contributed by atoms with E-state index in [0.29, 0.717) is 0 Å². The molecule has 1 aromatic rings. The average molecular weight is 255 g/mol. The molecule has 0 amide bonds. The molecule has 0 radical (unpaired) electrons. The van der Waals surface area contributed by atoms with Crippen LogP contribution in [0.1, 0.15) is 56.9 Å². The van der Waals surface area contributed by atoms with Gasteiger partial charge in [-0.1, -0.05) is 68.8 Å². The number of aliphatic hydroxyl groups is 1. The fraction of sp³-hybridized carbons (Fsp3) is 0.600. The van der Waals surface area contributed by atoms with E-state index in [4.69, 9.17) is 11.6 Å². The molecule has 1 nitrogen and oxygen atoms in total. The Morgan fingerprint density at radius 3 is 2.47 bits per heavy atom. The van der Waals surface area contributed by atoms with Crippen LogP contribution in [0.4, 0.5) is 0 Å². The van der Waals surface area contributed by atoms with Gasteiger partial charge in [0.15, 0.2) is 0 Å². The van der Waals surface area contributed by atoms with E-state index in [-0.39, 0.29) is 12.5 Å². The number of benzene rings is 1. The molecule has 0 bridgehead atoms. The van der Waals surface area contributed by atoms with Gasteiger partial charge in [0.05, 0.1) is 0 Å². The van der Waals surface area contributed by atoms with E-state index < -0.39 is 0 Å². The Balaban J connectivity index is 2.41. The van der Waals surface area contributed by atoms with Crippen molar-refractivity contribution >= 4 is 11.6 Å². The largest absolute Gasteiger partial charge is 0.396 e. The van der Waals surface area contributed by atoms with Crippen LogP contribution in [-0.4, -0.2) is 11.7 Å². The summed E-state index contributed by atoms with van der Waals surface area (Å²) in [6, 6.07) is 7.84. The number of aliphatic hydroxyl groups excluding tert-OH is 1. The van der Waals surface area contributed by atoms with Gasteiger partial charge in [-0.25, -0.2) is 0 Å². The molecule has 0 saturated heterocycles. The highest BCUT2D eigenvalue weighted by atomic mass is 35.5. The van der Waals surface area contributed by atoms with Crippen LogP contribution in [0, 0.1) is 0 Å². The maximum absolute atomic E-state index is 9.45. The molecular formula is C15H23ClO. The van der Waals surface area contributed by atoms with Crippen molar-refractivity contribution in [1.29, 1.82) is 0 Å². The summed E-state index contributed by atoms with van der Waals surface area (Å²) in [6.45, 7) is 2.41. The Kier molecular flexibility index (Phi) is 7.30. The molecule has 1 atom stereocenters. The number of halogens is 1. The summed E-state index contributed by atoms with van der Waals surface area (Å²) >= 11 is 6.15. The standard InChI is InChI=1S/C15H23ClO/c1-2-3-4-5-6-9-13(12-17)14-10-7-8-11-15(14)16/h7-8,10-11,13,17H,2-6,9,12H2,1H3. The molecule has 1 N–H and O–H groups in total. The summed E-state index contributed by atoms with van der Waals surface area (Å²) in [5, 5.41) is 10.2. The van der Waals surface area contributed by atoms with E-state index in [1.165, 1.54) is 32.1 Å². The summed E-state index contributed by atoms with van der Waals surface area (Å²) in [5.74, 6) is 0.199. The van der Waals surface area contributed by atoms with Crippen LogP contribution >= 0.6 is 11.6 Å². The summed E-state index contributed by atoms with van der Waals surface area (Å²) < 4.78 is 0. The van der Waals surface area contributed by atoms with Gasteiger partial charge in [0.2, 0.25) is 0 Å². The smallest absolute Gasteiger partial charge is 0.0500 e. The summed E-state index contributed by atoms with van der Waals surface area (Å²) in [4.78, 5) is 0.